The van der Waals surface area contributed by atoms with Crippen molar-refractivity contribution in [1.29, 1.82) is 0 Å². The molecule has 3 heteroatoms. The Morgan fingerprint density at radius 3 is 2.59 bits per heavy atom. The Hall–Kier alpha value is -0.570. The van der Waals surface area contributed by atoms with Crippen molar-refractivity contribution < 1.29 is 9.53 Å². The van der Waals surface area contributed by atoms with Gasteiger partial charge in [0.1, 0.15) is 5.54 Å². The van der Waals surface area contributed by atoms with E-state index in [1.165, 1.54) is 20.0 Å². The molecule has 0 amide bonds. The molecular weight excluding hydrogens is 214 g/mol. The van der Waals surface area contributed by atoms with Crippen LogP contribution in [0.5, 0.6) is 0 Å². The molecule has 2 aliphatic carbocycles. The van der Waals surface area contributed by atoms with Gasteiger partial charge in [-0.05, 0) is 56.4 Å². The van der Waals surface area contributed by atoms with Crippen molar-refractivity contribution >= 4 is 5.97 Å². The Kier molecular flexibility index (Phi) is 3.76. The summed E-state index contributed by atoms with van der Waals surface area (Å²) < 4.78 is 5.05. The molecule has 2 aliphatic rings. The normalized spacial score (nSPS) is 37.8. The van der Waals surface area contributed by atoms with E-state index in [2.05, 4.69) is 19.2 Å². The zero-order chi connectivity index (χ0) is 12.5. The number of ether oxygens (including phenoxy) is 1. The highest BCUT2D eigenvalue weighted by Gasteiger charge is 2.47. The Bertz CT molecular complexity index is 288. The number of methoxy groups -OCH3 is 1. The molecule has 0 spiro atoms. The zero-order valence-electron chi connectivity index (χ0n) is 11.3. The first kappa shape index (κ1) is 12.9. The maximum Gasteiger partial charge on any atom is 0.326 e. The van der Waals surface area contributed by atoms with Gasteiger partial charge < -0.3 is 10.1 Å². The molecule has 1 N–H and O–H groups in total. The molecule has 0 saturated heterocycles. The summed E-state index contributed by atoms with van der Waals surface area (Å²) >= 11 is 0. The minimum absolute atomic E-state index is 0.0578. The molecule has 0 aromatic heterocycles. The van der Waals surface area contributed by atoms with Gasteiger partial charge in [-0.15, -0.1) is 0 Å². The lowest BCUT2D eigenvalue weighted by Crippen LogP contribution is -2.59. The van der Waals surface area contributed by atoms with Crippen LogP contribution in [-0.2, 0) is 9.53 Å². The highest BCUT2D eigenvalue weighted by Crippen LogP contribution is 2.38. The number of esters is 1. The van der Waals surface area contributed by atoms with Gasteiger partial charge in [0.25, 0.3) is 0 Å². The van der Waals surface area contributed by atoms with Crippen LogP contribution in [0.3, 0.4) is 0 Å². The summed E-state index contributed by atoms with van der Waals surface area (Å²) in [6.07, 6.45) is 5.79. The van der Waals surface area contributed by atoms with Gasteiger partial charge in [-0.3, -0.25) is 4.79 Å². The average Bonchev–Trinajstić information content (AvgIpc) is 3.11. The van der Waals surface area contributed by atoms with Crippen molar-refractivity contribution in [3.05, 3.63) is 0 Å². The molecule has 17 heavy (non-hydrogen) atoms. The largest absolute Gasteiger partial charge is 0.468 e. The first-order valence-corrected chi connectivity index (χ1v) is 6.92. The first-order valence-electron chi connectivity index (χ1n) is 6.92. The fourth-order valence-electron chi connectivity index (χ4n) is 3.11. The Morgan fingerprint density at radius 2 is 2.06 bits per heavy atom. The molecular formula is C14H25NO2. The van der Waals surface area contributed by atoms with Gasteiger partial charge in [-0.2, -0.15) is 0 Å². The number of nitrogens with one attached hydrogen (secondary N) is 1. The van der Waals surface area contributed by atoms with Crippen LogP contribution in [0.4, 0.5) is 0 Å². The number of carbonyl (C=O) groups excluding carboxylic acids is 1. The summed E-state index contributed by atoms with van der Waals surface area (Å²) in [4.78, 5) is 12.2. The van der Waals surface area contributed by atoms with Crippen LogP contribution < -0.4 is 5.32 Å². The van der Waals surface area contributed by atoms with Crippen molar-refractivity contribution in [2.75, 3.05) is 13.7 Å². The number of hydrogen-bond acceptors (Lipinski definition) is 3. The van der Waals surface area contributed by atoms with Gasteiger partial charge in [-0.25, -0.2) is 0 Å². The SMILES string of the molecule is COC(=O)C1(NCC2CC2)CCC(C)CC1C. The lowest BCUT2D eigenvalue weighted by Gasteiger charge is -2.43. The average molecular weight is 239 g/mol. The minimum Gasteiger partial charge on any atom is -0.468 e. The molecule has 2 rings (SSSR count). The van der Waals surface area contributed by atoms with Crippen LogP contribution in [-0.4, -0.2) is 25.2 Å². The fraction of sp³-hybridized carbons (Fsp3) is 0.929. The highest BCUT2D eigenvalue weighted by atomic mass is 16.5. The summed E-state index contributed by atoms with van der Waals surface area (Å²) in [6, 6.07) is 0. The van der Waals surface area contributed by atoms with E-state index in [1.54, 1.807) is 0 Å². The molecule has 0 radical (unpaired) electrons. The molecule has 2 saturated carbocycles. The second-order valence-corrected chi connectivity index (χ2v) is 6.07. The van der Waals surface area contributed by atoms with Gasteiger partial charge in [0.2, 0.25) is 0 Å². The number of carbonyl (C=O) groups is 1. The van der Waals surface area contributed by atoms with E-state index in [1.807, 2.05) is 0 Å². The van der Waals surface area contributed by atoms with E-state index in [-0.39, 0.29) is 5.97 Å². The quantitative estimate of drug-likeness (QED) is 0.765. The van der Waals surface area contributed by atoms with Gasteiger partial charge in [0.15, 0.2) is 0 Å². The summed E-state index contributed by atoms with van der Waals surface area (Å²) in [5.41, 5.74) is -0.413. The Balaban J connectivity index is 2.07. The monoisotopic (exact) mass is 239 g/mol. The van der Waals surface area contributed by atoms with E-state index in [0.717, 1.165) is 37.6 Å². The smallest absolute Gasteiger partial charge is 0.326 e. The molecule has 3 unspecified atom stereocenters. The van der Waals surface area contributed by atoms with E-state index >= 15 is 0 Å². The third-order valence-electron chi connectivity index (χ3n) is 4.58. The van der Waals surface area contributed by atoms with Crippen LogP contribution in [0.15, 0.2) is 0 Å². The van der Waals surface area contributed by atoms with Gasteiger partial charge in [0, 0.05) is 0 Å². The van der Waals surface area contributed by atoms with Crippen molar-refractivity contribution in [2.45, 2.75) is 51.5 Å². The van der Waals surface area contributed by atoms with E-state index in [4.69, 9.17) is 4.74 Å². The fourth-order valence-corrected chi connectivity index (χ4v) is 3.11. The molecule has 0 heterocycles. The molecule has 3 nitrogen and oxygen atoms in total. The molecule has 2 fully saturated rings. The summed E-state index contributed by atoms with van der Waals surface area (Å²) in [5, 5.41) is 3.54. The number of rotatable bonds is 4. The van der Waals surface area contributed by atoms with Crippen molar-refractivity contribution in [3.8, 4) is 0 Å². The molecule has 98 valence electrons. The minimum atomic E-state index is -0.413. The third kappa shape index (κ3) is 2.65. The number of hydrogen-bond donors (Lipinski definition) is 1. The topological polar surface area (TPSA) is 38.3 Å². The van der Waals surface area contributed by atoms with E-state index in [9.17, 15) is 4.79 Å². The van der Waals surface area contributed by atoms with Crippen LogP contribution in [0, 0.1) is 17.8 Å². The molecule has 3 atom stereocenters. The second-order valence-electron chi connectivity index (χ2n) is 6.07. The molecule has 0 aromatic rings. The van der Waals surface area contributed by atoms with Crippen LogP contribution in [0.1, 0.15) is 46.0 Å². The van der Waals surface area contributed by atoms with Gasteiger partial charge in [0.05, 0.1) is 7.11 Å². The summed E-state index contributed by atoms with van der Waals surface area (Å²) in [5.74, 6) is 1.84. The van der Waals surface area contributed by atoms with Crippen LogP contribution >= 0.6 is 0 Å². The first-order chi connectivity index (χ1) is 8.08. The predicted octanol–water partition coefficient (Wildman–Crippen LogP) is 2.35. The Morgan fingerprint density at radius 1 is 1.35 bits per heavy atom. The predicted molar refractivity (Wildman–Crippen MR) is 67.7 cm³/mol. The lowest BCUT2D eigenvalue weighted by atomic mass is 9.70. The van der Waals surface area contributed by atoms with E-state index < -0.39 is 5.54 Å². The zero-order valence-corrected chi connectivity index (χ0v) is 11.3. The van der Waals surface area contributed by atoms with Crippen molar-refractivity contribution in [2.24, 2.45) is 17.8 Å². The van der Waals surface area contributed by atoms with Crippen molar-refractivity contribution in [3.63, 3.8) is 0 Å². The van der Waals surface area contributed by atoms with Crippen LogP contribution in [0.2, 0.25) is 0 Å². The van der Waals surface area contributed by atoms with Crippen molar-refractivity contribution in [1.82, 2.24) is 5.32 Å². The maximum atomic E-state index is 12.2. The lowest BCUT2D eigenvalue weighted by molar-refractivity contribution is -0.153. The summed E-state index contributed by atoms with van der Waals surface area (Å²) in [7, 11) is 1.51. The molecule has 0 bridgehead atoms. The highest BCUT2D eigenvalue weighted by molar-refractivity contribution is 5.81. The second kappa shape index (κ2) is 4.97. The van der Waals surface area contributed by atoms with Gasteiger partial charge >= 0.3 is 5.97 Å². The third-order valence-corrected chi connectivity index (χ3v) is 4.58. The van der Waals surface area contributed by atoms with Gasteiger partial charge in [-0.1, -0.05) is 13.8 Å². The maximum absolute atomic E-state index is 12.2. The van der Waals surface area contributed by atoms with Crippen LogP contribution in [0.25, 0.3) is 0 Å². The standard InChI is InChI=1S/C14H25NO2/c1-10-6-7-14(11(2)8-10,13(16)17-3)15-9-12-4-5-12/h10-12,15H,4-9H2,1-3H3. The Labute approximate surface area is 104 Å². The summed E-state index contributed by atoms with van der Waals surface area (Å²) in [6.45, 7) is 5.44. The van der Waals surface area contributed by atoms with E-state index in [0.29, 0.717) is 5.92 Å². The molecule has 0 aromatic carbocycles. The molecule has 0 aliphatic heterocycles.